The van der Waals surface area contributed by atoms with Gasteiger partial charge < -0.3 is 15.2 Å². The summed E-state index contributed by atoms with van der Waals surface area (Å²) in [4.78, 5) is 22.9. The normalized spacial score (nSPS) is 14.6. The molecule has 2 N–H and O–H groups in total. The largest absolute Gasteiger partial charge is 0.481 e. The van der Waals surface area contributed by atoms with Gasteiger partial charge in [0.05, 0.1) is 12.1 Å². The van der Waals surface area contributed by atoms with Crippen LogP contribution < -0.4 is 5.32 Å². The minimum Gasteiger partial charge on any atom is -0.481 e. The Morgan fingerprint density at radius 1 is 1.32 bits per heavy atom. The molecule has 0 aromatic carbocycles. The number of halogens is 1. The van der Waals surface area contributed by atoms with Crippen molar-refractivity contribution in [2.45, 2.75) is 52.6 Å². The molecule has 6 heteroatoms. The van der Waals surface area contributed by atoms with E-state index >= 15 is 0 Å². The minimum absolute atomic E-state index is 0.0618. The third-order valence-corrected chi connectivity index (χ3v) is 2.89. The van der Waals surface area contributed by atoms with Gasteiger partial charge in [0.1, 0.15) is 5.60 Å². The predicted molar refractivity (Wildman–Crippen MR) is 69.8 cm³/mol. The lowest BCUT2D eigenvalue weighted by Crippen LogP contribution is -2.44. The second kappa shape index (κ2) is 7.31. The van der Waals surface area contributed by atoms with E-state index in [1.807, 2.05) is 0 Å². The lowest BCUT2D eigenvalue weighted by Gasteiger charge is -2.29. The van der Waals surface area contributed by atoms with Crippen LogP contribution in [-0.2, 0) is 9.53 Å². The fourth-order valence-electron chi connectivity index (χ4n) is 1.68. The Bertz CT molecular complexity index is 314. The summed E-state index contributed by atoms with van der Waals surface area (Å²) in [5, 5.41) is 11.7. The van der Waals surface area contributed by atoms with Crippen molar-refractivity contribution in [2.24, 2.45) is 5.41 Å². The van der Waals surface area contributed by atoms with Crippen LogP contribution in [0.3, 0.4) is 0 Å². The number of alkyl halides is 1. The molecule has 0 rings (SSSR count). The van der Waals surface area contributed by atoms with Gasteiger partial charge in [-0.1, -0.05) is 6.92 Å². The molecule has 0 aliphatic carbocycles. The van der Waals surface area contributed by atoms with Crippen LogP contribution >= 0.6 is 0 Å². The molecular weight excluding hydrogens is 253 g/mol. The van der Waals surface area contributed by atoms with E-state index in [1.165, 1.54) is 0 Å². The van der Waals surface area contributed by atoms with E-state index in [2.05, 4.69) is 5.32 Å². The zero-order valence-corrected chi connectivity index (χ0v) is 12.1. The molecule has 0 aliphatic rings. The number of ether oxygens (including phenoxy) is 1. The van der Waals surface area contributed by atoms with Crippen molar-refractivity contribution in [1.29, 1.82) is 0 Å². The standard InChI is InChI=1S/C13H24FNO4/c1-5-13(10(16)17,7-6-8-14)9-15-11(18)19-12(2,3)4/h5-9H2,1-4H3,(H,15,18)(H,16,17). The van der Waals surface area contributed by atoms with Crippen molar-refractivity contribution in [3.63, 3.8) is 0 Å². The predicted octanol–water partition coefficient (Wildman–Crippen LogP) is 2.74. The highest BCUT2D eigenvalue weighted by atomic mass is 19.1. The second-order valence-electron chi connectivity index (χ2n) is 5.59. The highest BCUT2D eigenvalue weighted by Crippen LogP contribution is 2.28. The van der Waals surface area contributed by atoms with Crippen molar-refractivity contribution in [1.82, 2.24) is 5.32 Å². The average molecular weight is 277 g/mol. The van der Waals surface area contributed by atoms with E-state index in [0.717, 1.165) is 0 Å². The molecule has 19 heavy (non-hydrogen) atoms. The van der Waals surface area contributed by atoms with Gasteiger partial charge >= 0.3 is 12.1 Å². The number of amides is 1. The smallest absolute Gasteiger partial charge is 0.407 e. The Morgan fingerprint density at radius 2 is 1.89 bits per heavy atom. The number of alkyl carbamates (subject to hydrolysis) is 1. The fraction of sp³-hybridized carbons (Fsp3) is 0.846. The maximum Gasteiger partial charge on any atom is 0.407 e. The molecule has 1 atom stereocenters. The van der Waals surface area contributed by atoms with Crippen molar-refractivity contribution in [3.8, 4) is 0 Å². The van der Waals surface area contributed by atoms with Crippen molar-refractivity contribution >= 4 is 12.1 Å². The molecule has 0 spiro atoms. The Balaban J connectivity index is 4.57. The van der Waals surface area contributed by atoms with Gasteiger partial charge in [0.2, 0.25) is 0 Å². The molecule has 0 aromatic heterocycles. The first-order valence-corrected chi connectivity index (χ1v) is 6.43. The summed E-state index contributed by atoms with van der Waals surface area (Å²) in [7, 11) is 0. The van der Waals surface area contributed by atoms with Crippen LogP contribution in [0.25, 0.3) is 0 Å². The zero-order valence-electron chi connectivity index (χ0n) is 12.1. The molecule has 1 unspecified atom stereocenters. The van der Waals surface area contributed by atoms with Gasteiger partial charge in [0.25, 0.3) is 0 Å². The Labute approximate surface area is 113 Å². The Hall–Kier alpha value is -1.33. The summed E-state index contributed by atoms with van der Waals surface area (Å²) < 4.78 is 17.3. The van der Waals surface area contributed by atoms with Gasteiger partial charge in [-0.25, -0.2) is 4.79 Å². The number of carboxylic acids is 1. The molecule has 0 heterocycles. The van der Waals surface area contributed by atoms with Crippen molar-refractivity contribution in [3.05, 3.63) is 0 Å². The topological polar surface area (TPSA) is 75.6 Å². The molecule has 0 aromatic rings. The highest BCUT2D eigenvalue weighted by Gasteiger charge is 2.37. The van der Waals surface area contributed by atoms with Crippen LogP contribution in [0.15, 0.2) is 0 Å². The lowest BCUT2D eigenvalue weighted by molar-refractivity contribution is -0.149. The van der Waals surface area contributed by atoms with E-state index in [9.17, 15) is 19.1 Å². The number of nitrogens with one attached hydrogen (secondary N) is 1. The lowest BCUT2D eigenvalue weighted by atomic mass is 9.80. The molecule has 0 bridgehead atoms. The number of hydrogen-bond acceptors (Lipinski definition) is 3. The van der Waals surface area contributed by atoms with Crippen molar-refractivity contribution in [2.75, 3.05) is 13.2 Å². The SMILES string of the molecule is CCC(CCCF)(CNC(=O)OC(C)(C)C)C(=O)O. The molecule has 0 radical (unpaired) electrons. The van der Waals surface area contributed by atoms with E-state index in [1.54, 1.807) is 27.7 Å². The van der Waals surface area contributed by atoms with Gasteiger partial charge in [-0.05, 0) is 40.0 Å². The first-order chi connectivity index (χ1) is 8.67. The highest BCUT2D eigenvalue weighted by molar-refractivity contribution is 5.76. The summed E-state index contributed by atoms with van der Waals surface area (Å²) in [6, 6.07) is 0. The summed E-state index contributed by atoms with van der Waals surface area (Å²) in [6.45, 7) is 6.25. The minimum atomic E-state index is -1.14. The second-order valence-corrected chi connectivity index (χ2v) is 5.59. The van der Waals surface area contributed by atoms with Crippen LogP contribution in [0.2, 0.25) is 0 Å². The van der Waals surface area contributed by atoms with Crippen LogP contribution in [0.5, 0.6) is 0 Å². The summed E-state index contributed by atoms with van der Waals surface area (Å²) in [6.07, 6.45) is 0.00572. The molecule has 0 saturated carbocycles. The van der Waals surface area contributed by atoms with Crippen LogP contribution in [0, 0.1) is 5.41 Å². The maximum atomic E-state index is 12.2. The molecule has 0 fully saturated rings. The maximum absolute atomic E-state index is 12.2. The van der Waals surface area contributed by atoms with Gasteiger partial charge in [-0.2, -0.15) is 0 Å². The van der Waals surface area contributed by atoms with Crippen LogP contribution in [0.4, 0.5) is 9.18 Å². The van der Waals surface area contributed by atoms with Crippen molar-refractivity contribution < 1.29 is 23.8 Å². The molecule has 0 aliphatic heterocycles. The van der Waals surface area contributed by atoms with E-state index in [-0.39, 0.29) is 19.4 Å². The fourth-order valence-corrected chi connectivity index (χ4v) is 1.68. The average Bonchev–Trinajstić information content (AvgIpc) is 2.27. The third-order valence-electron chi connectivity index (χ3n) is 2.89. The van der Waals surface area contributed by atoms with E-state index < -0.39 is 29.8 Å². The molecule has 5 nitrogen and oxygen atoms in total. The number of carbonyl (C=O) groups is 2. The van der Waals surface area contributed by atoms with Crippen LogP contribution in [0.1, 0.15) is 47.0 Å². The first kappa shape index (κ1) is 17.7. The number of rotatable bonds is 7. The number of hydrogen-bond donors (Lipinski definition) is 2. The Kier molecular flexibility index (Phi) is 6.79. The van der Waals surface area contributed by atoms with E-state index in [4.69, 9.17) is 4.74 Å². The Morgan fingerprint density at radius 3 is 2.26 bits per heavy atom. The summed E-state index contributed by atoms with van der Waals surface area (Å²) in [5.41, 5.74) is -1.77. The van der Waals surface area contributed by atoms with Gasteiger partial charge in [0.15, 0.2) is 0 Å². The summed E-state index contributed by atoms with van der Waals surface area (Å²) >= 11 is 0. The molecular formula is C13H24FNO4. The molecule has 1 amide bonds. The van der Waals surface area contributed by atoms with Gasteiger partial charge in [-0.3, -0.25) is 9.18 Å². The first-order valence-electron chi connectivity index (χ1n) is 6.43. The van der Waals surface area contributed by atoms with Gasteiger partial charge in [-0.15, -0.1) is 0 Å². The number of aliphatic carboxylic acids is 1. The monoisotopic (exact) mass is 277 g/mol. The third kappa shape index (κ3) is 6.40. The summed E-state index contributed by atoms with van der Waals surface area (Å²) in [5.74, 6) is -1.03. The number of carbonyl (C=O) groups excluding carboxylic acids is 1. The van der Waals surface area contributed by atoms with Gasteiger partial charge in [0, 0.05) is 6.54 Å². The van der Waals surface area contributed by atoms with Crippen LogP contribution in [-0.4, -0.2) is 36.0 Å². The molecule has 112 valence electrons. The number of carboxylic acid groups (broad SMARTS) is 1. The zero-order chi connectivity index (χ0) is 15.1. The van der Waals surface area contributed by atoms with E-state index in [0.29, 0.717) is 6.42 Å². The molecule has 0 saturated heterocycles. The quantitative estimate of drug-likeness (QED) is 0.750.